The molecule has 0 aliphatic rings. The Kier molecular flexibility index (Phi) is 7.45. The minimum Gasteiger partial charge on any atom is -0.491 e. The van der Waals surface area contributed by atoms with Crippen molar-refractivity contribution in [1.29, 1.82) is 0 Å². The molecule has 0 aliphatic carbocycles. The zero-order valence-electron chi connectivity index (χ0n) is 17.3. The highest BCUT2D eigenvalue weighted by molar-refractivity contribution is 7.92. The van der Waals surface area contributed by atoms with E-state index in [0.717, 1.165) is 17.7 Å². The van der Waals surface area contributed by atoms with Crippen molar-refractivity contribution in [2.45, 2.75) is 17.9 Å². The number of nitrogens with one attached hydrogen (secondary N) is 2. The Bertz CT molecular complexity index is 1180. The quantitative estimate of drug-likeness (QED) is 0.457. The summed E-state index contributed by atoms with van der Waals surface area (Å²) in [4.78, 5) is 12.3. The lowest BCUT2D eigenvalue weighted by atomic mass is 10.2. The third kappa shape index (κ3) is 6.53. The fourth-order valence-electron chi connectivity index (χ4n) is 2.81. The van der Waals surface area contributed by atoms with Crippen molar-refractivity contribution in [3.8, 4) is 5.75 Å². The van der Waals surface area contributed by atoms with Gasteiger partial charge in [0.2, 0.25) is 0 Å². The molecule has 0 saturated heterocycles. The minimum atomic E-state index is -3.98. The first-order chi connectivity index (χ1) is 15.2. The highest BCUT2D eigenvalue weighted by atomic mass is 32.2. The van der Waals surface area contributed by atoms with Crippen LogP contribution in [-0.2, 0) is 10.0 Å². The maximum Gasteiger partial charge on any atom is 0.261 e. The number of aryl methyl sites for hydroxylation is 1. The summed E-state index contributed by atoms with van der Waals surface area (Å²) in [6, 6.07) is 17.7. The summed E-state index contributed by atoms with van der Waals surface area (Å²) in [5.74, 6) is -0.418. The van der Waals surface area contributed by atoms with Crippen LogP contribution in [0.4, 0.5) is 10.1 Å². The smallest absolute Gasteiger partial charge is 0.261 e. The predicted octanol–water partition coefficient (Wildman–Crippen LogP) is 3.10. The number of carbonyl (C=O) groups excluding carboxylic acids is 1. The Morgan fingerprint density at radius 2 is 1.78 bits per heavy atom. The molecule has 0 aliphatic heterocycles. The first kappa shape index (κ1) is 23.2. The van der Waals surface area contributed by atoms with E-state index >= 15 is 0 Å². The van der Waals surface area contributed by atoms with E-state index in [-0.39, 0.29) is 29.3 Å². The summed E-state index contributed by atoms with van der Waals surface area (Å²) in [5.41, 5.74) is 1.32. The van der Waals surface area contributed by atoms with Crippen LogP contribution in [0.2, 0.25) is 0 Å². The molecule has 1 unspecified atom stereocenters. The number of aliphatic hydroxyl groups is 1. The molecule has 168 valence electrons. The van der Waals surface area contributed by atoms with E-state index in [4.69, 9.17) is 4.74 Å². The van der Waals surface area contributed by atoms with Gasteiger partial charge in [-0.25, -0.2) is 12.8 Å². The first-order valence-corrected chi connectivity index (χ1v) is 11.3. The van der Waals surface area contributed by atoms with Crippen molar-refractivity contribution in [2.75, 3.05) is 17.9 Å². The second kappa shape index (κ2) is 10.3. The van der Waals surface area contributed by atoms with E-state index in [0.29, 0.717) is 5.75 Å². The van der Waals surface area contributed by atoms with Crippen molar-refractivity contribution in [1.82, 2.24) is 5.32 Å². The van der Waals surface area contributed by atoms with Crippen LogP contribution in [0.25, 0.3) is 0 Å². The van der Waals surface area contributed by atoms with Gasteiger partial charge in [0.05, 0.1) is 4.90 Å². The van der Waals surface area contributed by atoms with Gasteiger partial charge in [0.15, 0.2) is 0 Å². The third-order valence-electron chi connectivity index (χ3n) is 4.43. The van der Waals surface area contributed by atoms with Crippen LogP contribution >= 0.6 is 0 Å². The molecule has 0 bridgehead atoms. The molecule has 3 rings (SSSR count). The summed E-state index contributed by atoms with van der Waals surface area (Å²) in [7, 11) is -3.98. The molecule has 32 heavy (non-hydrogen) atoms. The average Bonchev–Trinajstić information content (AvgIpc) is 2.77. The standard InChI is InChI=1S/C23H23FN2O5S/c1-16-4-2-6-21(12-16)31-15-20(27)14-25-23(28)17-5-3-7-22(13-17)32(29,30)26-19-10-8-18(24)9-11-19/h2-13,20,26-27H,14-15H2,1H3,(H,25,28). The maximum atomic E-state index is 13.0. The molecule has 0 heterocycles. The van der Waals surface area contributed by atoms with Gasteiger partial charge in [0.1, 0.15) is 24.3 Å². The topological polar surface area (TPSA) is 105 Å². The van der Waals surface area contributed by atoms with Gasteiger partial charge in [0, 0.05) is 17.8 Å². The second-order valence-corrected chi connectivity index (χ2v) is 8.81. The number of anilines is 1. The first-order valence-electron chi connectivity index (χ1n) is 9.77. The molecule has 0 aromatic heterocycles. The van der Waals surface area contributed by atoms with Crippen LogP contribution in [0.1, 0.15) is 15.9 Å². The van der Waals surface area contributed by atoms with Crippen LogP contribution in [0, 0.1) is 12.7 Å². The number of amides is 1. The van der Waals surface area contributed by atoms with Crippen LogP contribution in [0.5, 0.6) is 5.75 Å². The Labute approximate surface area is 185 Å². The van der Waals surface area contributed by atoms with E-state index in [1.165, 1.54) is 36.4 Å². The second-order valence-electron chi connectivity index (χ2n) is 7.13. The van der Waals surface area contributed by atoms with E-state index in [1.807, 2.05) is 25.1 Å². The SMILES string of the molecule is Cc1cccc(OCC(O)CNC(=O)c2cccc(S(=O)(=O)Nc3ccc(F)cc3)c2)c1. The zero-order chi connectivity index (χ0) is 23.1. The highest BCUT2D eigenvalue weighted by Gasteiger charge is 2.17. The molecule has 1 atom stereocenters. The summed E-state index contributed by atoms with van der Waals surface area (Å²) in [6.45, 7) is 1.84. The molecule has 3 aromatic rings. The third-order valence-corrected chi connectivity index (χ3v) is 5.81. The Hall–Kier alpha value is -3.43. The summed E-state index contributed by atoms with van der Waals surface area (Å²) in [5, 5.41) is 12.6. The van der Waals surface area contributed by atoms with Crippen molar-refractivity contribution in [3.05, 3.63) is 89.7 Å². The molecule has 0 fully saturated rings. The van der Waals surface area contributed by atoms with Crippen molar-refractivity contribution in [3.63, 3.8) is 0 Å². The lowest BCUT2D eigenvalue weighted by Gasteiger charge is -2.14. The molecule has 9 heteroatoms. The Balaban J connectivity index is 1.57. The van der Waals surface area contributed by atoms with Gasteiger partial charge < -0.3 is 15.2 Å². The zero-order valence-corrected chi connectivity index (χ0v) is 18.1. The lowest BCUT2D eigenvalue weighted by Crippen LogP contribution is -2.35. The molecular formula is C23H23FN2O5S. The van der Waals surface area contributed by atoms with Crippen LogP contribution in [0.3, 0.4) is 0 Å². The number of ether oxygens (including phenoxy) is 1. The molecule has 0 radical (unpaired) electrons. The number of aliphatic hydroxyl groups excluding tert-OH is 1. The number of halogens is 1. The van der Waals surface area contributed by atoms with Gasteiger partial charge in [0.25, 0.3) is 15.9 Å². The number of carbonyl (C=O) groups is 1. The van der Waals surface area contributed by atoms with Crippen molar-refractivity contribution < 1.29 is 27.4 Å². The molecule has 0 spiro atoms. The molecule has 7 nitrogen and oxygen atoms in total. The normalized spacial score (nSPS) is 12.1. The Morgan fingerprint density at radius 1 is 1.06 bits per heavy atom. The summed E-state index contributed by atoms with van der Waals surface area (Å²) < 4.78 is 46.0. The van der Waals surface area contributed by atoms with Crippen LogP contribution < -0.4 is 14.8 Å². The van der Waals surface area contributed by atoms with Gasteiger partial charge in [-0.3, -0.25) is 9.52 Å². The van der Waals surface area contributed by atoms with Gasteiger partial charge in [-0.05, 0) is 67.1 Å². The summed E-state index contributed by atoms with van der Waals surface area (Å²) in [6.07, 6.45) is -0.952. The number of sulfonamides is 1. The van der Waals surface area contributed by atoms with Crippen LogP contribution in [0.15, 0.2) is 77.7 Å². The minimum absolute atomic E-state index is 0.0141. The Morgan fingerprint density at radius 3 is 2.50 bits per heavy atom. The van der Waals surface area contributed by atoms with E-state index in [1.54, 1.807) is 6.07 Å². The molecule has 3 aromatic carbocycles. The van der Waals surface area contributed by atoms with Gasteiger partial charge in [-0.15, -0.1) is 0 Å². The predicted molar refractivity (Wildman–Crippen MR) is 119 cm³/mol. The van der Waals surface area contributed by atoms with Gasteiger partial charge >= 0.3 is 0 Å². The molecule has 3 N–H and O–H groups in total. The average molecular weight is 459 g/mol. The molecule has 1 amide bonds. The van der Waals surface area contributed by atoms with Gasteiger partial charge in [-0.1, -0.05) is 18.2 Å². The van der Waals surface area contributed by atoms with E-state index in [9.17, 15) is 22.7 Å². The molecule has 0 saturated carbocycles. The van der Waals surface area contributed by atoms with Crippen molar-refractivity contribution >= 4 is 21.6 Å². The highest BCUT2D eigenvalue weighted by Crippen LogP contribution is 2.18. The largest absolute Gasteiger partial charge is 0.491 e. The van der Waals surface area contributed by atoms with E-state index in [2.05, 4.69) is 10.0 Å². The monoisotopic (exact) mass is 458 g/mol. The van der Waals surface area contributed by atoms with Gasteiger partial charge in [-0.2, -0.15) is 0 Å². The maximum absolute atomic E-state index is 13.0. The fraction of sp³-hybridized carbons (Fsp3) is 0.174. The molecular weight excluding hydrogens is 435 g/mol. The van der Waals surface area contributed by atoms with E-state index < -0.39 is 27.9 Å². The number of hydrogen-bond acceptors (Lipinski definition) is 5. The number of rotatable bonds is 9. The van der Waals surface area contributed by atoms with Crippen molar-refractivity contribution in [2.24, 2.45) is 0 Å². The fourth-order valence-corrected chi connectivity index (χ4v) is 3.91. The summed E-state index contributed by atoms with van der Waals surface area (Å²) >= 11 is 0. The number of benzene rings is 3. The lowest BCUT2D eigenvalue weighted by molar-refractivity contribution is 0.0843. The van der Waals surface area contributed by atoms with Crippen LogP contribution in [-0.4, -0.2) is 38.7 Å². The number of hydrogen-bond donors (Lipinski definition) is 3.